The van der Waals surface area contributed by atoms with E-state index in [-0.39, 0.29) is 0 Å². The van der Waals surface area contributed by atoms with Crippen molar-refractivity contribution in [3.05, 3.63) is 52.3 Å². The summed E-state index contributed by atoms with van der Waals surface area (Å²) >= 11 is 3.47. The highest BCUT2D eigenvalue weighted by Gasteiger charge is 2.38. The highest BCUT2D eigenvalue weighted by Crippen LogP contribution is 2.40. The van der Waals surface area contributed by atoms with E-state index in [1.165, 1.54) is 5.56 Å². The fourth-order valence-electron chi connectivity index (χ4n) is 2.55. The molecular weight excluding hydrogens is 342 g/mol. The van der Waals surface area contributed by atoms with Gasteiger partial charge in [0.25, 0.3) is 0 Å². The van der Waals surface area contributed by atoms with Crippen molar-refractivity contribution in [1.82, 2.24) is 20.4 Å². The van der Waals surface area contributed by atoms with Crippen LogP contribution in [-0.2, 0) is 13.6 Å². The number of nitrogens with zero attached hydrogens (tertiary/aromatic N) is 3. The lowest BCUT2D eigenvalue weighted by molar-refractivity contribution is 0.683. The number of guanidine groups is 1. The zero-order valence-electron chi connectivity index (χ0n) is 12.8. The first kappa shape index (κ1) is 15.1. The van der Waals surface area contributed by atoms with E-state index in [1.807, 2.05) is 17.8 Å². The molecule has 0 bridgehead atoms. The van der Waals surface area contributed by atoms with Crippen molar-refractivity contribution in [3.63, 3.8) is 0 Å². The van der Waals surface area contributed by atoms with Gasteiger partial charge in [0.05, 0.1) is 12.2 Å². The van der Waals surface area contributed by atoms with E-state index in [4.69, 9.17) is 0 Å². The summed E-state index contributed by atoms with van der Waals surface area (Å²) in [5.74, 6) is 1.41. The molecule has 22 heavy (non-hydrogen) atoms. The number of nitrogens with one attached hydrogen (secondary N) is 2. The van der Waals surface area contributed by atoms with Crippen molar-refractivity contribution < 1.29 is 0 Å². The second kappa shape index (κ2) is 6.52. The predicted molar refractivity (Wildman–Crippen MR) is 91.8 cm³/mol. The predicted octanol–water partition coefficient (Wildman–Crippen LogP) is 2.40. The summed E-state index contributed by atoms with van der Waals surface area (Å²) in [5.41, 5.74) is 2.51. The van der Waals surface area contributed by atoms with E-state index >= 15 is 0 Å². The van der Waals surface area contributed by atoms with Gasteiger partial charge in [0.2, 0.25) is 0 Å². The number of aromatic nitrogens is 2. The third-order valence-corrected chi connectivity index (χ3v) is 4.52. The number of rotatable bonds is 4. The van der Waals surface area contributed by atoms with Crippen LogP contribution in [0.25, 0.3) is 0 Å². The number of hydrogen-bond acceptors (Lipinski definition) is 2. The van der Waals surface area contributed by atoms with Gasteiger partial charge in [-0.3, -0.25) is 9.67 Å². The van der Waals surface area contributed by atoms with Crippen molar-refractivity contribution in [2.45, 2.75) is 24.9 Å². The molecule has 0 amide bonds. The summed E-state index contributed by atoms with van der Waals surface area (Å²) in [6.07, 6.45) is 2.95. The largest absolute Gasteiger partial charge is 0.353 e. The highest BCUT2D eigenvalue weighted by atomic mass is 79.9. The number of aliphatic imine (C=N–C) groups is 1. The number of aryl methyl sites for hydroxylation is 1. The van der Waals surface area contributed by atoms with Gasteiger partial charge in [-0.1, -0.05) is 28.1 Å². The van der Waals surface area contributed by atoms with Crippen LogP contribution in [0.2, 0.25) is 0 Å². The van der Waals surface area contributed by atoms with E-state index in [1.54, 1.807) is 13.2 Å². The van der Waals surface area contributed by atoms with Crippen LogP contribution in [0.5, 0.6) is 0 Å². The average molecular weight is 362 g/mol. The van der Waals surface area contributed by atoms with Crippen LogP contribution in [-0.4, -0.2) is 28.8 Å². The van der Waals surface area contributed by atoms with Crippen LogP contribution in [0.1, 0.15) is 23.6 Å². The monoisotopic (exact) mass is 361 g/mol. The summed E-state index contributed by atoms with van der Waals surface area (Å²) in [4.78, 5) is 4.30. The molecule has 2 unspecified atom stereocenters. The number of hydrogen-bond donors (Lipinski definition) is 2. The number of benzene rings is 1. The summed E-state index contributed by atoms with van der Waals surface area (Å²) < 4.78 is 2.98. The van der Waals surface area contributed by atoms with E-state index in [2.05, 4.69) is 60.9 Å². The van der Waals surface area contributed by atoms with E-state index in [0.717, 1.165) is 22.5 Å². The Morgan fingerprint density at radius 2 is 2.14 bits per heavy atom. The van der Waals surface area contributed by atoms with Crippen molar-refractivity contribution in [2.24, 2.45) is 12.0 Å². The SMILES string of the molecule is CN=C(NCc1ccnn1C)NC1CC1c1ccc(Br)cc1. The fraction of sp³-hybridized carbons (Fsp3) is 0.375. The van der Waals surface area contributed by atoms with E-state index < -0.39 is 0 Å². The van der Waals surface area contributed by atoms with Gasteiger partial charge in [-0.25, -0.2) is 0 Å². The summed E-state index contributed by atoms with van der Waals surface area (Å²) in [6.45, 7) is 0.714. The van der Waals surface area contributed by atoms with Gasteiger partial charge < -0.3 is 10.6 Å². The minimum atomic E-state index is 0.457. The molecule has 1 aliphatic carbocycles. The third kappa shape index (κ3) is 3.50. The standard InChI is InChI=1S/C16H20BrN5/c1-18-16(19-10-13-7-8-20-22(13)2)21-15-9-14(15)11-3-5-12(17)6-4-11/h3-8,14-15H,9-10H2,1-2H3,(H2,18,19,21). The lowest BCUT2D eigenvalue weighted by Gasteiger charge is -2.12. The van der Waals surface area contributed by atoms with Gasteiger partial charge in [-0.2, -0.15) is 5.10 Å². The first-order valence-corrected chi connectivity index (χ1v) is 8.16. The molecule has 6 heteroatoms. The quantitative estimate of drug-likeness (QED) is 0.649. The fourth-order valence-corrected chi connectivity index (χ4v) is 2.82. The normalized spacial score (nSPS) is 20.8. The third-order valence-electron chi connectivity index (χ3n) is 3.99. The zero-order chi connectivity index (χ0) is 15.5. The van der Waals surface area contributed by atoms with Gasteiger partial charge in [0.15, 0.2) is 5.96 Å². The van der Waals surface area contributed by atoms with Crippen molar-refractivity contribution >= 4 is 21.9 Å². The summed E-state index contributed by atoms with van der Waals surface area (Å²) in [7, 11) is 3.74. The van der Waals surface area contributed by atoms with Gasteiger partial charge in [0, 0.05) is 36.7 Å². The second-order valence-corrected chi connectivity index (χ2v) is 6.43. The van der Waals surface area contributed by atoms with Gasteiger partial charge in [-0.15, -0.1) is 0 Å². The van der Waals surface area contributed by atoms with Crippen LogP contribution in [0, 0.1) is 0 Å². The Kier molecular flexibility index (Phi) is 4.47. The molecule has 1 fully saturated rings. The molecule has 1 aromatic carbocycles. The van der Waals surface area contributed by atoms with Crippen molar-refractivity contribution in [1.29, 1.82) is 0 Å². The molecule has 2 N–H and O–H groups in total. The Balaban J connectivity index is 1.52. The average Bonchev–Trinajstić information content (AvgIpc) is 3.17. The molecule has 3 rings (SSSR count). The smallest absolute Gasteiger partial charge is 0.191 e. The molecule has 2 aromatic rings. The molecule has 1 saturated carbocycles. The lowest BCUT2D eigenvalue weighted by atomic mass is 10.1. The minimum Gasteiger partial charge on any atom is -0.353 e. The van der Waals surface area contributed by atoms with Crippen LogP contribution in [0.15, 0.2) is 46.0 Å². The summed E-state index contributed by atoms with van der Waals surface area (Å²) in [5, 5.41) is 11.0. The summed E-state index contributed by atoms with van der Waals surface area (Å²) in [6, 6.07) is 11.0. The Hall–Kier alpha value is -1.82. The molecule has 0 spiro atoms. The number of halogens is 1. The molecule has 0 aliphatic heterocycles. The van der Waals surface area contributed by atoms with Crippen molar-refractivity contribution in [3.8, 4) is 0 Å². The molecule has 5 nitrogen and oxygen atoms in total. The molecular formula is C16H20BrN5. The molecule has 116 valence electrons. The Morgan fingerprint density at radius 3 is 2.77 bits per heavy atom. The van der Waals surface area contributed by atoms with Crippen molar-refractivity contribution in [2.75, 3.05) is 7.05 Å². The lowest BCUT2D eigenvalue weighted by Crippen LogP contribution is -2.38. The Bertz CT molecular complexity index is 661. The van der Waals surface area contributed by atoms with Gasteiger partial charge in [0.1, 0.15) is 0 Å². The maximum absolute atomic E-state index is 4.30. The van der Waals surface area contributed by atoms with Gasteiger partial charge in [-0.05, 0) is 30.2 Å². The maximum atomic E-state index is 4.30. The van der Waals surface area contributed by atoms with Gasteiger partial charge >= 0.3 is 0 Å². The molecule has 1 heterocycles. The van der Waals surface area contributed by atoms with Crippen LogP contribution in [0.3, 0.4) is 0 Å². The molecule has 0 radical (unpaired) electrons. The first-order chi connectivity index (χ1) is 10.7. The molecule has 0 saturated heterocycles. The molecule has 1 aromatic heterocycles. The Labute approximate surface area is 139 Å². The second-order valence-electron chi connectivity index (χ2n) is 5.52. The molecule has 1 aliphatic rings. The van der Waals surface area contributed by atoms with Crippen LogP contribution in [0.4, 0.5) is 0 Å². The Morgan fingerprint density at radius 1 is 1.36 bits per heavy atom. The van der Waals surface area contributed by atoms with Crippen LogP contribution < -0.4 is 10.6 Å². The first-order valence-electron chi connectivity index (χ1n) is 7.37. The minimum absolute atomic E-state index is 0.457. The highest BCUT2D eigenvalue weighted by molar-refractivity contribution is 9.10. The topological polar surface area (TPSA) is 54.2 Å². The zero-order valence-corrected chi connectivity index (χ0v) is 14.3. The van der Waals surface area contributed by atoms with E-state index in [0.29, 0.717) is 18.5 Å². The van der Waals surface area contributed by atoms with Crippen LogP contribution >= 0.6 is 15.9 Å². The molecule has 2 atom stereocenters. The maximum Gasteiger partial charge on any atom is 0.191 e. The van der Waals surface area contributed by atoms with E-state index in [9.17, 15) is 0 Å².